The summed E-state index contributed by atoms with van der Waals surface area (Å²) < 4.78 is 0. The molecule has 1 aliphatic heterocycles. The van der Waals surface area contributed by atoms with E-state index in [0.29, 0.717) is 6.04 Å². The van der Waals surface area contributed by atoms with Crippen molar-refractivity contribution in [2.45, 2.75) is 39.3 Å². The number of nitrogens with zero attached hydrogens (tertiary/aromatic N) is 3. The van der Waals surface area contributed by atoms with Gasteiger partial charge in [-0.05, 0) is 38.9 Å². The highest BCUT2D eigenvalue weighted by Crippen LogP contribution is 2.13. The van der Waals surface area contributed by atoms with Gasteiger partial charge in [-0.25, -0.2) is 0 Å². The Morgan fingerprint density at radius 3 is 2.50 bits per heavy atom. The molecule has 1 aliphatic rings. The summed E-state index contributed by atoms with van der Waals surface area (Å²) in [5, 5.41) is 7.01. The largest absolute Gasteiger partial charge is 0.357 e. The number of halogens is 1. The Morgan fingerprint density at radius 1 is 1.19 bits per heavy atom. The van der Waals surface area contributed by atoms with Crippen LogP contribution in [0.25, 0.3) is 0 Å². The minimum Gasteiger partial charge on any atom is -0.357 e. The zero-order valence-corrected chi connectivity index (χ0v) is 18.9. The number of hydrogen-bond acceptors (Lipinski definition) is 3. The number of likely N-dealkylation sites (N-methyl/N-ethyl adjacent to an activating group) is 1. The number of benzene rings is 1. The summed E-state index contributed by atoms with van der Waals surface area (Å²) in [5.74, 6) is 0.966. The molecular formula is C20H36IN5. The van der Waals surface area contributed by atoms with Crippen LogP contribution in [0, 0.1) is 0 Å². The summed E-state index contributed by atoms with van der Waals surface area (Å²) in [7, 11) is 2.14. The third-order valence-corrected chi connectivity index (χ3v) is 4.81. The molecule has 1 aromatic rings. The van der Waals surface area contributed by atoms with Gasteiger partial charge in [0.2, 0.25) is 0 Å². The van der Waals surface area contributed by atoms with Gasteiger partial charge < -0.3 is 15.5 Å². The fourth-order valence-corrected chi connectivity index (χ4v) is 3.08. The lowest BCUT2D eigenvalue weighted by molar-refractivity contribution is 0.198. The number of nitrogens with one attached hydrogen (secondary N) is 2. The van der Waals surface area contributed by atoms with Crippen LogP contribution in [0.2, 0.25) is 0 Å². The number of hydrogen-bond donors (Lipinski definition) is 2. The lowest BCUT2D eigenvalue weighted by Crippen LogP contribution is -2.48. The Morgan fingerprint density at radius 2 is 1.88 bits per heavy atom. The minimum atomic E-state index is 0. The molecule has 1 saturated heterocycles. The number of guanidine groups is 1. The van der Waals surface area contributed by atoms with Gasteiger partial charge >= 0.3 is 0 Å². The smallest absolute Gasteiger partial charge is 0.191 e. The molecule has 0 atom stereocenters. The molecule has 1 heterocycles. The standard InChI is InChI=1S/C20H35N5.HI/c1-4-21-20(22-13-16-24(3)5-2)23-19-11-14-25(15-12-19)17-18-9-7-6-8-10-18;/h6-10,19H,4-5,11-17H2,1-3H3,(H2,21,22,23);1H. The van der Waals surface area contributed by atoms with E-state index in [2.05, 4.69) is 71.7 Å². The van der Waals surface area contributed by atoms with Crippen molar-refractivity contribution in [3.8, 4) is 0 Å². The van der Waals surface area contributed by atoms with E-state index >= 15 is 0 Å². The van der Waals surface area contributed by atoms with Crippen molar-refractivity contribution < 1.29 is 0 Å². The first kappa shape index (κ1) is 23.2. The van der Waals surface area contributed by atoms with Crippen molar-refractivity contribution in [1.82, 2.24) is 20.4 Å². The van der Waals surface area contributed by atoms with Gasteiger partial charge in [-0.1, -0.05) is 37.3 Å². The molecule has 0 saturated carbocycles. The second-order valence-corrected chi connectivity index (χ2v) is 6.84. The van der Waals surface area contributed by atoms with Gasteiger partial charge in [-0.2, -0.15) is 0 Å². The molecule has 0 unspecified atom stereocenters. The zero-order valence-electron chi connectivity index (χ0n) is 16.6. The number of piperidine rings is 1. The van der Waals surface area contributed by atoms with Crippen molar-refractivity contribution in [2.24, 2.45) is 4.99 Å². The maximum Gasteiger partial charge on any atom is 0.191 e. The number of aliphatic imine (C=N–C) groups is 1. The molecular weight excluding hydrogens is 437 g/mol. The third kappa shape index (κ3) is 8.68. The summed E-state index contributed by atoms with van der Waals surface area (Å²) in [4.78, 5) is 9.56. The molecule has 6 heteroatoms. The van der Waals surface area contributed by atoms with Gasteiger partial charge in [0.05, 0.1) is 6.54 Å². The van der Waals surface area contributed by atoms with E-state index in [1.165, 1.54) is 18.4 Å². The first-order chi connectivity index (χ1) is 12.2. The Bertz CT molecular complexity index is 500. The Kier molecular flexibility index (Phi) is 11.9. The molecule has 0 amide bonds. The first-order valence-electron chi connectivity index (χ1n) is 9.71. The lowest BCUT2D eigenvalue weighted by atomic mass is 10.0. The molecule has 0 aromatic heterocycles. The maximum atomic E-state index is 4.72. The zero-order chi connectivity index (χ0) is 17.9. The Hall–Kier alpha value is -0.860. The van der Waals surface area contributed by atoms with Crippen LogP contribution in [-0.4, -0.2) is 68.1 Å². The van der Waals surface area contributed by atoms with E-state index in [0.717, 1.165) is 51.8 Å². The van der Waals surface area contributed by atoms with Gasteiger partial charge in [0.25, 0.3) is 0 Å². The SMILES string of the molecule is CCNC(=NCCN(C)CC)NC1CCN(Cc2ccccc2)CC1.I. The van der Waals surface area contributed by atoms with Crippen LogP contribution in [0.4, 0.5) is 0 Å². The molecule has 26 heavy (non-hydrogen) atoms. The van der Waals surface area contributed by atoms with E-state index < -0.39 is 0 Å². The quantitative estimate of drug-likeness (QED) is 0.346. The molecule has 2 rings (SSSR count). The normalized spacial score (nSPS) is 16.4. The topological polar surface area (TPSA) is 42.9 Å². The van der Waals surface area contributed by atoms with Crippen LogP contribution in [-0.2, 0) is 6.54 Å². The highest BCUT2D eigenvalue weighted by Gasteiger charge is 2.19. The second-order valence-electron chi connectivity index (χ2n) is 6.84. The van der Waals surface area contributed by atoms with Crippen LogP contribution in [0.5, 0.6) is 0 Å². The maximum absolute atomic E-state index is 4.72. The Balaban J connectivity index is 0.00000338. The van der Waals surface area contributed by atoms with Gasteiger partial charge in [-0.15, -0.1) is 24.0 Å². The molecule has 148 valence electrons. The summed E-state index contributed by atoms with van der Waals surface area (Å²) in [6, 6.07) is 11.3. The third-order valence-electron chi connectivity index (χ3n) is 4.81. The molecule has 0 aliphatic carbocycles. The van der Waals surface area contributed by atoms with Crippen molar-refractivity contribution in [3.63, 3.8) is 0 Å². The van der Waals surface area contributed by atoms with Crippen LogP contribution < -0.4 is 10.6 Å². The molecule has 2 N–H and O–H groups in total. The number of likely N-dealkylation sites (tertiary alicyclic amines) is 1. The van der Waals surface area contributed by atoms with E-state index in [1.54, 1.807) is 0 Å². The molecule has 5 nitrogen and oxygen atoms in total. The van der Waals surface area contributed by atoms with Gasteiger partial charge in [0, 0.05) is 38.8 Å². The van der Waals surface area contributed by atoms with Gasteiger partial charge in [0.15, 0.2) is 5.96 Å². The summed E-state index contributed by atoms with van der Waals surface area (Å²) >= 11 is 0. The predicted molar refractivity (Wildman–Crippen MR) is 122 cm³/mol. The van der Waals surface area contributed by atoms with Crippen LogP contribution in [0.1, 0.15) is 32.3 Å². The first-order valence-corrected chi connectivity index (χ1v) is 9.71. The van der Waals surface area contributed by atoms with E-state index in [-0.39, 0.29) is 24.0 Å². The highest BCUT2D eigenvalue weighted by atomic mass is 127. The highest BCUT2D eigenvalue weighted by molar-refractivity contribution is 14.0. The van der Waals surface area contributed by atoms with E-state index in [4.69, 9.17) is 4.99 Å². The summed E-state index contributed by atoms with van der Waals surface area (Å²) in [5.41, 5.74) is 1.41. The molecule has 1 aromatic carbocycles. The second kappa shape index (κ2) is 13.3. The summed E-state index contributed by atoms with van der Waals surface area (Å²) in [6.07, 6.45) is 2.35. The average molecular weight is 473 g/mol. The fourth-order valence-electron chi connectivity index (χ4n) is 3.08. The van der Waals surface area contributed by atoms with Crippen molar-refractivity contribution in [3.05, 3.63) is 35.9 Å². The van der Waals surface area contributed by atoms with Crippen molar-refractivity contribution in [1.29, 1.82) is 0 Å². The van der Waals surface area contributed by atoms with E-state index in [1.807, 2.05) is 0 Å². The molecule has 0 spiro atoms. The van der Waals surface area contributed by atoms with Crippen LogP contribution in [0.3, 0.4) is 0 Å². The molecule has 0 radical (unpaired) electrons. The number of rotatable bonds is 8. The minimum absolute atomic E-state index is 0. The Labute approximate surface area is 176 Å². The van der Waals surface area contributed by atoms with Crippen molar-refractivity contribution >= 4 is 29.9 Å². The van der Waals surface area contributed by atoms with Crippen LogP contribution >= 0.6 is 24.0 Å². The summed E-state index contributed by atoms with van der Waals surface area (Å²) in [6.45, 7) is 11.5. The predicted octanol–water partition coefficient (Wildman–Crippen LogP) is 2.78. The lowest BCUT2D eigenvalue weighted by Gasteiger charge is -2.33. The molecule has 1 fully saturated rings. The van der Waals surface area contributed by atoms with Gasteiger partial charge in [0.1, 0.15) is 0 Å². The monoisotopic (exact) mass is 473 g/mol. The molecule has 0 bridgehead atoms. The van der Waals surface area contributed by atoms with Crippen LogP contribution in [0.15, 0.2) is 35.3 Å². The fraction of sp³-hybridized carbons (Fsp3) is 0.650. The average Bonchev–Trinajstić information content (AvgIpc) is 2.64. The van der Waals surface area contributed by atoms with Crippen molar-refractivity contribution in [2.75, 3.05) is 46.3 Å². The van der Waals surface area contributed by atoms with E-state index in [9.17, 15) is 0 Å². The van der Waals surface area contributed by atoms with Gasteiger partial charge in [-0.3, -0.25) is 9.89 Å².